The van der Waals surface area contributed by atoms with E-state index in [4.69, 9.17) is 0 Å². The normalized spacial score (nSPS) is 39.7. The molecule has 0 radical (unpaired) electrons. The fourth-order valence-corrected chi connectivity index (χ4v) is 9.16. The lowest BCUT2D eigenvalue weighted by atomic mass is 9.44. The number of hydrogen-bond donors (Lipinski definition) is 1. The van der Waals surface area contributed by atoms with Crippen molar-refractivity contribution in [3.63, 3.8) is 0 Å². The summed E-state index contributed by atoms with van der Waals surface area (Å²) in [7, 11) is 0. The van der Waals surface area contributed by atoms with Gasteiger partial charge in [-0.25, -0.2) is 0 Å². The number of ketones is 1. The number of rotatable bonds is 7. The zero-order valence-corrected chi connectivity index (χ0v) is 22.8. The number of carbonyl (C=O) groups excluding carboxylic acids is 2. The zero-order chi connectivity index (χ0) is 25.6. The van der Waals surface area contributed by atoms with E-state index in [0.29, 0.717) is 42.5 Å². The number of hydrogen-bond acceptors (Lipinski definition) is 3. The van der Waals surface area contributed by atoms with E-state index in [9.17, 15) is 14.7 Å². The Bertz CT molecular complexity index is 961. The van der Waals surface area contributed by atoms with Gasteiger partial charge in [-0.1, -0.05) is 51.8 Å². The number of unbranched alkanes of at least 4 members (excludes halogenated alkanes) is 2. The summed E-state index contributed by atoms with van der Waals surface area (Å²) in [5.74, 6) is 2.99. The highest BCUT2D eigenvalue weighted by Crippen LogP contribution is 2.66. The molecule has 0 bridgehead atoms. The zero-order valence-electron chi connectivity index (χ0n) is 22.8. The van der Waals surface area contributed by atoms with E-state index in [0.717, 1.165) is 69.8 Å². The minimum atomic E-state index is -0.805. The van der Waals surface area contributed by atoms with Crippen molar-refractivity contribution in [3.8, 4) is 0 Å². The molecule has 4 heteroatoms. The molecule has 0 aliphatic heterocycles. The molecule has 4 fully saturated rings. The van der Waals surface area contributed by atoms with Crippen molar-refractivity contribution in [1.29, 1.82) is 0 Å². The van der Waals surface area contributed by atoms with Gasteiger partial charge in [-0.2, -0.15) is 0 Å². The van der Waals surface area contributed by atoms with Crippen LogP contribution in [-0.2, 0) is 4.79 Å². The van der Waals surface area contributed by atoms with Crippen LogP contribution in [0.1, 0.15) is 108 Å². The second-order valence-electron chi connectivity index (χ2n) is 13.3. The molecule has 0 saturated heterocycles. The fourth-order valence-electron chi connectivity index (χ4n) is 9.16. The maximum atomic E-state index is 13.4. The number of amides is 1. The Kier molecular flexibility index (Phi) is 7.13. The summed E-state index contributed by atoms with van der Waals surface area (Å²) in [4.78, 5) is 28.1. The first-order valence-electron chi connectivity index (χ1n) is 14.8. The van der Waals surface area contributed by atoms with Crippen LogP contribution in [0.5, 0.6) is 0 Å². The standard InChI is InChI=1S/C32H47NO3/c1-4-5-9-20-33(29(35)23-10-7-6-8-11-23)22-32(36)19-18-30(2)24(21-32)12-13-25-26-14-15-28(34)31(26,3)17-16-27(25)30/h6-8,10-11,24-27,36H,4-5,9,12-22H2,1-3H3/t24-,25-,26-,27-,30-,31-,32+/m0/s1. The first-order chi connectivity index (χ1) is 17.2. The highest BCUT2D eigenvalue weighted by atomic mass is 16.3. The van der Waals surface area contributed by atoms with Gasteiger partial charge in [0.05, 0.1) is 5.60 Å². The summed E-state index contributed by atoms with van der Waals surface area (Å²) >= 11 is 0. The average Bonchev–Trinajstić information content (AvgIpc) is 3.18. The lowest BCUT2D eigenvalue weighted by Crippen LogP contribution is -2.58. The van der Waals surface area contributed by atoms with Crippen molar-refractivity contribution in [3.05, 3.63) is 35.9 Å². The minimum absolute atomic E-state index is 0.0506. The quantitative estimate of drug-likeness (QED) is 0.432. The largest absolute Gasteiger partial charge is 0.388 e. The summed E-state index contributed by atoms with van der Waals surface area (Å²) in [5.41, 5.74) is 0.0881. The van der Waals surface area contributed by atoms with Crippen LogP contribution in [0.2, 0.25) is 0 Å². The number of fused-ring (bicyclic) bond motifs is 5. The summed E-state index contributed by atoms with van der Waals surface area (Å²) in [5, 5.41) is 11.9. The minimum Gasteiger partial charge on any atom is -0.388 e. The van der Waals surface area contributed by atoms with Crippen molar-refractivity contribution in [2.24, 2.45) is 34.5 Å². The molecule has 1 aromatic rings. The molecule has 1 N–H and O–H groups in total. The highest BCUT2D eigenvalue weighted by molar-refractivity contribution is 5.94. The van der Waals surface area contributed by atoms with Crippen LogP contribution in [0.3, 0.4) is 0 Å². The Morgan fingerprint density at radius 3 is 2.53 bits per heavy atom. The van der Waals surface area contributed by atoms with E-state index in [2.05, 4.69) is 20.8 Å². The van der Waals surface area contributed by atoms with Gasteiger partial charge in [-0.05, 0) is 99.0 Å². The molecular formula is C32H47NO3. The molecule has 7 atom stereocenters. The molecule has 36 heavy (non-hydrogen) atoms. The van der Waals surface area contributed by atoms with Gasteiger partial charge >= 0.3 is 0 Å². The Morgan fingerprint density at radius 1 is 1.00 bits per heavy atom. The molecule has 5 rings (SSSR count). The summed E-state index contributed by atoms with van der Waals surface area (Å²) in [6, 6.07) is 9.57. The van der Waals surface area contributed by atoms with Crippen molar-refractivity contribution in [1.82, 2.24) is 4.90 Å². The molecule has 4 nitrogen and oxygen atoms in total. The molecular weight excluding hydrogens is 446 g/mol. The lowest BCUT2D eigenvalue weighted by Gasteiger charge is -2.61. The van der Waals surface area contributed by atoms with Gasteiger partial charge in [-0.3, -0.25) is 9.59 Å². The van der Waals surface area contributed by atoms with Crippen LogP contribution in [0.25, 0.3) is 0 Å². The van der Waals surface area contributed by atoms with Crippen LogP contribution in [0.4, 0.5) is 0 Å². The topological polar surface area (TPSA) is 57.6 Å². The molecule has 4 aliphatic rings. The summed E-state index contributed by atoms with van der Waals surface area (Å²) in [6.45, 7) is 8.10. The van der Waals surface area contributed by atoms with Crippen molar-refractivity contribution >= 4 is 11.7 Å². The van der Waals surface area contributed by atoms with Gasteiger partial charge in [0.2, 0.25) is 0 Å². The Balaban J connectivity index is 1.31. The van der Waals surface area contributed by atoms with E-state index in [-0.39, 0.29) is 16.7 Å². The maximum Gasteiger partial charge on any atom is 0.253 e. The monoisotopic (exact) mass is 493 g/mol. The maximum absolute atomic E-state index is 13.4. The van der Waals surface area contributed by atoms with Gasteiger partial charge in [-0.15, -0.1) is 0 Å². The predicted octanol–water partition coefficient (Wildman–Crippen LogP) is 6.66. The van der Waals surface area contributed by atoms with E-state index >= 15 is 0 Å². The molecule has 0 aromatic heterocycles. The van der Waals surface area contributed by atoms with E-state index < -0.39 is 5.60 Å². The van der Waals surface area contributed by atoms with E-state index in [1.165, 1.54) is 12.8 Å². The Morgan fingerprint density at radius 2 is 1.78 bits per heavy atom. The Labute approximate surface area is 218 Å². The van der Waals surface area contributed by atoms with E-state index in [1.54, 1.807) is 0 Å². The van der Waals surface area contributed by atoms with Gasteiger partial charge in [0.15, 0.2) is 0 Å². The van der Waals surface area contributed by atoms with Gasteiger partial charge in [0.25, 0.3) is 5.91 Å². The molecule has 1 amide bonds. The third-order valence-electron chi connectivity index (χ3n) is 11.4. The smallest absolute Gasteiger partial charge is 0.253 e. The number of aliphatic hydroxyl groups is 1. The summed E-state index contributed by atoms with van der Waals surface area (Å²) < 4.78 is 0. The van der Waals surface area contributed by atoms with E-state index in [1.807, 2.05) is 35.2 Å². The first-order valence-corrected chi connectivity index (χ1v) is 14.8. The first kappa shape index (κ1) is 25.9. The Hall–Kier alpha value is -1.68. The molecule has 4 aliphatic carbocycles. The molecule has 4 saturated carbocycles. The average molecular weight is 494 g/mol. The number of carbonyl (C=O) groups is 2. The molecule has 198 valence electrons. The van der Waals surface area contributed by atoms with Crippen LogP contribution in [0, 0.1) is 34.5 Å². The summed E-state index contributed by atoms with van der Waals surface area (Å²) in [6.07, 6.45) is 12.3. The molecule has 0 heterocycles. The number of benzene rings is 1. The van der Waals surface area contributed by atoms with Crippen molar-refractivity contribution in [2.45, 2.75) is 103 Å². The SMILES string of the molecule is CCCCCN(C[C@@]1(O)CC[C@@]2(C)[C@@H](CC[C@@H]3[C@@H]2CC[C@]2(C)C(=O)CC[C@@H]32)C1)C(=O)c1ccccc1. The predicted molar refractivity (Wildman–Crippen MR) is 144 cm³/mol. The number of Topliss-reactive ketones (excluding diaryl/α,β-unsaturated/α-hetero) is 1. The lowest BCUT2D eigenvalue weighted by molar-refractivity contribution is -0.156. The van der Waals surface area contributed by atoms with Gasteiger partial charge in [0, 0.05) is 30.5 Å². The van der Waals surface area contributed by atoms with Crippen LogP contribution in [0.15, 0.2) is 30.3 Å². The second kappa shape index (κ2) is 9.89. The van der Waals surface area contributed by atoms with Crippen LogP contribution >= 0.6 is 0 Å². The molecule has 0 unspecified atom stereocenters. The second-order valence-corrected chi connectivity index (χ2v) is 13.3. The third kappa shape index (κ3) is 4.46. The van der Waals surface area contributed by atoms with Crippen LogP contribution < -0.4 is 0 Å². The van der Waals surface area contributed by atoms with Gasteiger partial charge < -0.3 is 10.0 Å². The van der Waals surface area contributed by atoms with Gasteiger partial charge in [0.1, 0.15) is 5.78 Å². The van der Waals surface area contributed by atoms with Crippen molar-refractivity contribution in [2.75, 3.05) is 13.1 Å². The van der Waals surface area contributed by atoms with Crippen molar-refractivity contribution < 1.29 is 14.7 Å². The highest BCUT2D eigenvalue weighted by Gasteiger charge is 2.61. The molecule has 1 aromatic carbocycles. The number of nitrogens with zero attached hydrogens (tertiary/aromatic N) is 1. The van der Waals surface area contributed by atoms with Crippen LogP contribution in [-0.4, -0.2) is 40.4 Å². The fraction of sp³-hybridized carbons (Fsp3) is 0.750. The molecule has 0 spiro atoms. The third-order valence-corrected chi connectivity index (χ3v) is 11.4.